The van der Waals surface area contributed by atoms with Crippen molar-refractivity contribution in [1.29, 1.82) is 0 Å². The number of hydrogen-bond donors (Lipinski definition) is 2. The summed E-state index contributed by atoms with van der Waals surface area (Å²) in [7, 11) is 0. The predicted molar refractivity (Wildman–Crippen MR) is 92.7 cm³/mol. The van der Waals surface area contributed by atoms with Gasteiger partial charge in [0.15, 0.2) is 5.11 Å². The molecule has 0 aliphatic heterocycles. The van der Waals surface area contributed by atoms with E-state index < -0.39 is 0 Å². The second-order valence-electron chi connectivity index (χ2n) is 5.38. The molecule has 0 saturated carbocycles. The maximum atomic E-state index is 5.34. The second-order valence-corrected chi connectivity index (χ2v) is 5.79. The SMILES string of the molecule is Cc1ccc(NC(=S)N[C@H](C)c2ccc(C)c(C)c2)nc1. The van der Waals surface area contributed by atoms with Crippen LogP contribution in [-0.4, -0.2) is 10.1 Å². The van der Waals surface area contributed by atoms with Crippen molar-refractivity contribution in [1.82, 2.24) is 10.3 Å². The molecule has 2 N–H and O–H groups in total. The highest BCUT2D eigenvalue weighted by Crippen LogP contribution is 2.17. The summed E-state index contributed by atoms with van der Waals surface area (Å²) < 4.78 is 0. The fourth-order valence-corrected chi connectivity index (χ4v) is 2.29. The summed E-state index contributed by atoms with van der Waals surface area (Å²) in [6.45, 7) is 8.35. The molecule has 0 aliphatic carbocycles. The van der Waals surface area contributed by atoms with Crippen molar-refractivity contribution in [3.05, 3.63) is 58.8 Å². The third-order valence-corrected chi connectivity index (χ3v) is 3.75. The molecule has 0 amide bonds. The van der Waals surface area contributed by atoms with E-state index in [-0.39, 0.29) is 6.04 Å². The zero-order chi connectivity index (χ0) is 15.4. The highest BCUT2D eigenvalue weighted by atomic mass is 32.1. The van der Waals surface area contributed by atoms with Crippen LogP contribution in [0.5, 0.6) is 0 Å². The van der Waals surface area contributed by atoms with Gasteiger partial charge in [-0.25, -0.2) is 4.98 Å². The molecule has 0 bridgehead atoms. The van der Waals surface area contributed by atoms with Crippen molar-refractivity contribution >= 4 is 23.1 Å². The first-order valence-corrected chi connectivity index (χ1v) is 7.44. The molecule has 1 aromatic heterocycles. The van der Waals surface area contributed by atoms with Gasteiger partial charge < -0.3 is 10.6 Å². The van der Waals surface area contributed by atoms with Crippen LogP contribution in [0.25, 0.3) is 0 Å². The van der Waals surface area contributed by atoms with Crippen LogP contribution >= 0.6 is 12.2 Å². The van der Waals surface area contributed by atoms with Crippen LogP contribution in [0.4, 0.5) is 5.82 Å². The molecule has 1 aromatic carbocycles. The Morgan fingerprint density at radius 3 is 2.48 bits per heavy atom. The summed E-state index contributed by atoms with van der Waals surface area (Å²) >= 11 is 5.34. The lowest BCUT2D eigenvalue weighted by Gasteiger charge is -2.18. The fourth-order valence-electron chi connectivity index (χ4n) is 2.01. The zero-order valence-electron chi connectivity index (χ0n) is 12.9. The Morgan fingerprint density at radius 2 is 1.86 bits per heavy atom. The summed E-state index contributed by atoms with van der Waals surface area (Å²) in [5.41, 5.74) is 4.94. The Kier molecular flexibility index (Phi) is 4.91. The van der Waals surface area contributed by atoms with Crippen LogP contribution < -0.4 is 10.6 Å². The van der Waals surface area contributed by atoms with Gasteiger partial charge in [0.25, 0.3) is 0 Å². The van der Waals surface area contributed by atoms with E-state index in [1.807, 2.05) is 25.3 Å². The molecule has 1 heterocycles. The molecular weight excluding hydrogens is 278 g/mol. The summed E-state index contributed by atoms with van der Waals surface area (Å²) in [6, 6.07) is 10.5. The van der Waals surface area contributed by atoms with Gasteiger partial charge in [-0.3, -0.25) is 0 Å². The van der Waals surface area contributed by atoms with E-state index in [4.69, 9.17) is 12.2 Å². The Hall–Kier alpha value is -1.94. The molecule has 0 spiro atoms. The summed E-state index contributed by atoms with van der Waals surface area (Å²) in [6.07, 6.45) is 1.82. The normalized spacial score (nSPS) is 11.8. The van der Waals surface area contributed by atoms with E-state index in [1.54, 1.807) is 0 Å². The van der Waals surface area contributed by atoms with Crippen LogP contribution in [0, 0.1) is 20.8 Å². The van der Waals surface area contributed by atoms with E-state index in [0.29, 0.717) is 5.11 Å². The molecule has 110 valence electrons. The molecule has 2 rings (SSSR count). The fraction of sp³-hybridized carbons (Fsp3) is 0.294. The van der Waals surface area contributed by atoms with Crippen molar-refractivity contribution in [3.63, 3.8) is 0 Å². The standard InChI is InChI=1S/C17H21N3S/c1-11-5-8-16(18-10-11)20-17(21)19-14(4)15-7-6-12(2)13(3)9-15/h5-10,14H,1-4H3,(H2,18,19,20,21)/t14-/m1/s1. The number of nitrogens with zero attached hydrogens (tertiary/aromatic N) is 1. The monoisotopic (exact) mass is 299 g/mol. The first-order valence-electron chi connectivity index (χ1n) is 7.03. The third kappa shape index (κ3) is 4.26. The van der Waals surface area contributed by atoms with Gasteiger partial charge in [0.1, 0.15) is 5.82 Å². The molecule has 3 nitrogen and oxygen atoms in total. The van der Waals surface area contributed by atoms with Gasteiger partial charge in [-0.05, 0) is 68.2 Å². The highest BCUT2D eigenvalue weighted by Gasteiger charge is 2.08. The number of thiocarbonyl (C=S) groups is 1. The number of anilines is 1. The smallest absolute Gasteiger partial charge is 0.172 e. The highest BCUT2D eigenvalue weighted by molar-refractivity contribution is 7.80. The van der Waals surface area contributed by atoms with Gasteiger partial charge in [0, 0.05) is 6.20 Å². The van der Waals surface area contributed by atoms with Crippen LogP contribution in [0.15, 0.2) is 36.5 Å². The molecule has 2 aromatic rings. The number of benzene rings is 1. The van der Waals surface area contributed by atoms with Crippen LogP contribution in [0.1, 0.15) is 35.2 Å². The topological polar surface area (TPSA) is 37.0 Å². The van der Waals surface area contributed by atoms with Crippen molar-refractivity contribution in [2.75, 3.05) is 5.32 Å². The molecule has 0 aliphatic rings. The minimum absolute atomic E-state index is 0.148. The Labute approximate surface area is 131 Å². The van der Waals surface area contributed by atoms with Crippen LogP contribution in [0.3, 0.4) is 0 Å². The Balaban J connectivity index is 1.98. The van der Waals surface area contributed by atoms with Gasteiger partial charge >= 0.3 is 0 Å². The van der Waals surface area contributed by atoms with E-state index in [1.165, 1.54) is 16.7 Å². The Morgan fingerprint density at radius 1 is 1.10 bits per heavy atom. The quantitative estimate of drug-likeness (QED) is 0.838. The number of rotatable bonds is 3. The van der Waals surface area contributed by atoms with Gasteiger partial charge in [-0.2, -0.15) is 0 Å². The zero-order valence-corrected chi connectivity index (χ0v) is 13.7. The lowest BCUT2D eigenvalue weighted by atomic mass is 10.0. The molecule has 0 unspecified atom stereocenters. The third-order valence-electron chi connectivity index (χ3n) is 3.53. The number of hydrogen-bond acceptors (Lipinski definition) is 2. The first-order chi connectivity index (χ1) is 9.95. The average molecular weight is 299 g/mol. The van der Waals surface area contributed by atoms with Crippen molar-refractivity contribution in [3.8, 4) is 0 Å². The van der Waals surface area contributed by atoms with Crippen LogP contribution in [0.2, 0.25) is 0 Å². The first kappa shape index (κ1) is 15.4. The molecule has 0 fully saturated rings. The number of aromatic nitrogens is 1. The molecule has 1 atom stereocenters. The Bertz CT molecular complexity index is 635. The largest absolute Gasteiger partial charge is 0.356 e. The number of nitrogens with one attached hydrogen (secondary N) is 2. The van der Waals surface area contributed by atoms with Gasteiger partial charge in [0.05, 0.1) is 6.04 Å². The maximum Gasteiger partial charge on any atom is 0.172 e. The molecule has 4 heteroatoms. The molecular formula is C17H21N3S. The minimum atomic E-state index is 0.148. The second kappa shape index (κ2) is 6.68. The molecule has 0 saturated heterocycles. The maximum absolute atomic E-state index is 5.34. The summed E-state index contributed by atoms with van der Waals surface area (Å²) in [4.78, 5) is 4.29. The van der Waals surface area contributed by atoms with E-state index >= 15 is 0 Å². The van der Waals surface area contributed by atoms with E-state index in [9.17, 15) is 0 Å². The number of pyridine rings is 1. The van der Waals surface area contributed by atoms with E-state index in [0.717, 1.165) is 11.4 Å². The average Bonchev–Trinajstić information content (AvgIpc) is 2.44. The van der Waals surface area contributed by atoms with E-state index in [2.05, 4.69) is 54.6 Å². The van der Waals surface area contributed by atoms with Crippen molar-refractivity contribution in [2.24, 2.45) is 0 Å². The van der Waals surface area contributed by atoms with Gasteiger partial charge in [0.2, 0.25) is 0 Å². The van der Waals surface area contributed by atoms with Gasteiger partial charge in [-0.15, -0.1) is 0 Å². The molecule has 0 radical (unpaired) electrons. The predicted octanol–water partition coefficient (Wildman–Crippen LogP) is 4.05. The van der Waals surface area contributed by atoms with Crippen molar-refractivity contribution < 1.29 is 0 Å². The lowest BCUT2D eigenvalue weighted by molar-refractivity contribution is 0.721. The molecule has 21 heavy (non-hydrogen) atoms. The summed E-state index contributed by atoms with van der Waals surface area (Å²) in [5, 5.41) is 6.97. The minimum Gasteiger partial charge on any atom is -0.356 e. The van der Waals surface area contributed by atoms with Crippen molar-refractivity contribution in [2.45, 2.75) is 33.7 Å². The number of aryl methyl sites for hydroxylation is 3. The summed E-state index contributed by atoms with van der Waals surface area (Å²) in [5.74, 6) is 0.755. The van der Waals surface area contributed by atoms with Crippen LogP contribution in [-0.2, 0) is 0 Å². The van der Waals surface area contributed by atoms with Gasteiger partial charge in [-0.1, -0.05) is 24.3 Å². The lowest BCUT2D eigenvalue weighted by Crippen LogP contribution is -2.31.